The molecule has 1 unspecified atom stereocenters. The van der Waals surface area contributed by atoms with Crippen molar-refractivity contribution >= 4 is 27.6 Å². The fourth-order valence-electron chi connectivity index (χ4n) is 1.82. The Morgan fingerprint density at radius 2 is 2.37 bits per heavy atom. The molecule has 1 heterocycles. The van der Waals surface area contributed by atoms with Crippen LogP contribution in [-0.2, 0) is 16.1 Å². The highest BCUT2D eigenvalue weighted by Gasteiger charge is 2.28. The van der Waals surface area contributed by atoms with Gasteiger partial charge in [0.1, 0.15) is 11.0 Å². The Labute approximate surface area is 119 Å². The van der Waals surface area contributed by atoms with Crippen molar-refractivity contribution in [2.24, 2.45) is 5.92 Å². The number of nitrogens with one attached hydrogen (secondary N) is 1. The van der Waals surface area contributed by atoms with Gasteiger partial charge in [0.05, 0.1) is 19.0 Å². The number of ether oxygens (including phenoxy) is 1. The molecule has 0 aromatic carbocycles. The van der Waals surface area contributed by atoms with Crippen LogP contribution in [0.1, 0.15) is 19.8 Å². The number of anilines is 1. The third-order valence-electron chi connectivity index (χ3n) is 3.20. The predicted molar refractivity (Wildman–Crippen MR) is 74.0 cm³/mol. The normalized spacial score (nSPS) is 15.9. The molecule has 1 N–H and O–H groups in total. The zero-order valence-corrected chi connectivity index (χ0v) is 12.4. The average molecular weight is 330 g/mol. The van der Waals surface area contributed by atoms with Gasteiger partial charge < -0.3 is 10.1 Å². The number of methoxy groups -OCH3 is 1. The van der Waals surface area contributed by atoms with Gasteiger partial charge in [-0.1, -0.05) is 0 Å². The number of aromatic nitrogens is 2. The van der Waals surface area contributed by atoms with Crippen LogP contribution in [0, 0.1) is 5.92 Å². The van der Waals surface area contributed by atoms with Gasteiger partial charge in [-0.05, 0) is 41.6 Å². The van der Waals surface area contributed by atoms with Crippen molar-refractivity contribution in [3.63, 3.8) is 0 Å². The number of rotatable bonds is 5. The van der Waals surface area contributed by atoms with E-state index >= 15 is 0 Å². The highest BCUT2D eigenvalue weighted by Crippen LogP contribution is 2.34. The Hall–Kier alpha value is -1.37. The van der Waals surface area contributed by atoms with Crippen molar-refractivity contribution in [1.29, 1.82) is 0 Å². The van der Waals surface area contributed by atoms with E-state index in [-0.39, 0.29) is 12.1 Å². The van der Waals surface area contributed by atoms with Crippen molar-refractivity contribution in [3.05, 3.63) is 21.0 Å². The van der Waals surface area contributed by atoms with Crippen LogP contribution in [0.2, 0.25) is 0 Å². The van der Waals surface area contributed by atoms with Gasteiger partial charge in [0.15, 0.2) is 0 Å². The first-order valence-electron chi connectivity index (χ1n) is 6.12. The molecule has 0 radical (unpaired) electrons. The molecule has 0 bridgehead atoms. The van der Waals surface area contributed by atoms with Gasteiger partial charge in [0.25, 0.3) is 5.56 Å². The summed E-state index contributed by atoms with van der Waals surface area (Å²) in [5.74, 6) is 0.165. The second-order valence-corrected chi connectivity index (χ2v) is 5.47. The summed E-state index contributed by atoms with van der Waals surface area (Å²) in [5, 5.41) is 7.24. The van der Waals surface area contributed by atoms with E-state index in [1.54, 1.807) is 6.20 Å². The van der Waals surface area contributed by atoms with Crippen molar-refractivity contribution in [3.8, 4) is 0 Å². The third kappa shape index (κ3) is 3.34. The third-order valence-corrected chi connectivity index (χ3v) is 3.97. The number of esters is 1. The molecule has 7 heteroatoms. The van der Waals surface area contributed by atoms with E-state index in [9.17, 15) is 9.59 Å². The summed E-state index contributed by atoms with van der Waals surface area (Å²) >= 11 is 3.25. The monoisotopic (exact) mass is 329 g/mol. The molecule has 0 aliphatic heterocycles. The van der Waals surface area contributed by atoms with Crippen LogP contribution in [0.3, 0.4) is 0 Å². The SMILES string of the molecule is COC(=O)Cn1ncc(NC(C)C2CC2)c(Br)c1=O. The summed E-state index contributed by atoms with van der Waals surface area (Å²) in [7, 11) is 1.27. The van der Waals surface area contributed by atoms with Gasteiger partial charge in [-0.3, -0.25) is 9.59 Å². The quantitative estimate of drug-likeness (QED) is 0.826. The summed E-state index contributed by atoms with van der Waals surface area (Å²) in [5.41, 5.74) is 0.309. The molecule has 1 aromatic heterocycles. The standard InChI is InChI=1S/C12H16BrN3O3/c1-7(8-3-4-8)15-9-5-14-16(6-10(17)19-2)12(18)11(9)13/h5,7-8,15H,3-4,6H2,1-2H3. The summed E-state index contributed by atoms with van der Waals surface area (Å²) in [4.78, 5) is 23.2. The number of carbonyl (C=O) groups excluding carboxylic acids is 1. The molecule has 0 amide bonds. The minimum atomic E-state index is -0.506. The van der Waals surface area contributed by atoms with Gasteiger partial charge in [0, 0.05) is 6.04 Å². The Morgan fingerprint density at radius 3 is 2.95 bits per heavy atom. The Balaban J connectivity index is 2.16. The van der Waals surface area contributed by atoms with Crippen molar-refractivity contribution in [2.45, 2.75) is 32.4 Å². The minimum Gasteiger partial charge on any atom is -0.468 e. The van der Waals surface area contributed by atoms with E-state index in [0.29, 0.717) is 22.1 Å². The molecule has 0 spiro atoms. The molecule has 104 valence electrons. The lowest BCUT2D eigenvalue weighted by Gasteiger charge is -2.15. The van der Waals surface area contributed by atoms with Crippen molar-refractivity contribution in [2.75, 3.05) is 12.4 Å². The molecule has 6 nitrogen and oxygen atoms in total. The van der Waals surface area contributed by atoms with E-state index in [0.717, 1.165) is 4.68 Å². The lowest BCUT2D eigenvalue weighted by molar-refractivity contribution is -0.141. The lowest BCUT2D eigenvalue weighted by Crippen LogP contribution is -2.29. The van der Waals surface area contributed by atoms with Crippen LogP contribution in [-0.4, -0.2) is 28.9 Å². The molecule has 1 saturated carbocycles. The summed E-state index contributed by atoms with van der Waals surface area (Å²) < 4.78 is 5.97. The van der Waals surface area contributed by atoms with E-state index in [1.165, 1.54) is 20.0 Å². The van der Waals surface area contributed by atoms with Crippen molar-refractivity contribution in [1.82, 2.24) is 9.78 Å². The summed E-state index contributed by atoms with van der Waals surface area (Å²) in [6.45, 7) is 1.90. The molecular weight excluding hydrogens is 314 g/mol. The number of carbonyl (C=O) groups is 1. The largest absolute Gasteiger partial charge is 0.468 e. The minimum absolute atomic E-state index is 0.188. The van der Waals surface area contributed by atoms with Crippen LogP contribution in [0.5, 0.6) is 0 Å². The van der Waals surface area contributed by atoms with Crippen LogP contribution >= 0.6 is 15.9 Å². The number of hydrogen-bond acceptors (Lipinski definition) is 5. The van der Waals surface area contributed by atoms with Gasteiger partial charge in [0.2, 0.25) is 0 Å². The molecule has 1 aliphatic rings. The topological polar surface area (TPSA) is 73.2 Å². The summed E-state index contributed by atoms with van der Waals surface area (Å²) in [6.07, 6.45) is 3.99. The van der Waals surface area contributed by atoms with Gasteiger partial charge in [-0.25, -0.2) is 4.68 Å². The Bertz CT molecular complexity index is 540. The molecule has 1 atom stereocenters. The maximum absolute atomic E-state index is 12.0. The predicted octanol–water partition coefficient (Wildman–Crippen LogP) is 1.39. The van der Waals surface area contributed by atoms with E-state index in [1.807, 2.05) is 0 Å². The first-order chi connectivity index (χ1) is 9.02. The Kier molecular flexibility index (Phi) is 4.24. The number of halogens is 1. The maximum Gasteiger partial charge on any atom is 0.327 e. The van der Waals surface area contributed by atoms with E-state index in [2.05, 4.69) is 38.0 Å². The van der Waals surface area contributed by atoms with Crippen LogP contribution in [0.25, 0.3) is 0 Å². The van der Waals surface area contributed by atoms with E-state index < -0.39 is 5.97 Å². The average Bonchev–Trinajstić information content (AvgIpc) is 3.22. The van der Waals surface area contributed by atoms with Crippen LogP contribution in [0.4, 0.5) is 5.69 Å². The maximum atomic E-state index is 12.0. The lowest BCUT2D eigenvalue weighted by atomic mass is 10.2. The van der Waals surface area contributed by atoms with E-state index in [4.69, 9.17) is 0 Å². The van der Waals surface area contributed by atoms with Crippen LogP contribution in [0.15, 0.2) is 15.5 Å². The molecule has 2 rings (SSSR count). The molecule has 19 heavy (non-hydrogen) atoms. The smallest absolute Gasteiger partial charge is 0.327 e. The van der Waals surface area contributed by atoms with Crippen molar-refractivity contribution < 1.29 is 9.53 Å². The number of nitrogens with zero attached hydrogens (tertiary/aromatic N) is 2. The Morgan fingerprint density at radius 1 is 1.68 bits per heavy atom. The van der Waals surface area contributed by atoms with Crippen LogP contribution < -0.4 is 10.9 Å². The summed E-state index contributed by atoms with van der Waals surface area (Å²) in [6, 6.07) is 0.314. The molecule has 1 aromatic rings. The second kappa shape index (κ2) is 5.73. The fraction of sp³-hybridized carbons (Fsp3) is 0.583. The second-order valence-electron chi connectivity index (χ2n) is 4.68. The van der Waals surface area contributed by atoms with Gasteiger partial charge in [-0.15, -0.1) is 0 Å². The highest BCUT2D eigenvalue weighted by molar-refractivity contribution is 9.10. The first kappa shape index (κ1) is 14.0. The molecular formula is C12H16BrN3O3. The van der Waals surface area contributed by atoms with Gasteiger partial charge in [-0.2, -0.15) is 5.10 Å². The molecule has 1 aliphatic carbocycles. The highest BCUT2D eigenvalue weighted by atomic mass is 79.9. The zero-order chi connectivity index (χ0) is 14.0. The zero-order valence-electron chi connectivity index (χ0n) is 10.9. The first-order valence-corrected chi connectivity index (χ1v) is 6.91. The molecule has 1 fully saturated rings. The number of hydrogen-bond donors (Lipinski definition) is 1. The fourth-order valence-corrected chi connectivity index (χ4v) is 2.25. The molecule has 0 saturated heterocycles. The van der Waals surface area contributed by atoms with Gasteiger partial charge >= 0.3 is 5.97 Å².